The van der Waals surface area contributed by atoms with Gasteiger partial charge in [-0.3, -0.25) is 4.79 Å². The lowest BCUT2D eigenvalue weighted by Gasteiger charge is -2.13. The van der Waals surface area contributed by atoms with Crippen LogP contribution in [0.25, 0.3) is 0 Å². The van der Waals surface area contributed by atoms with Crippen molar-refractivity contribution in [2.75, 3.05) is 24.3 Å². The maximum atomic E-state index is 12.3. The number of esters is 1. The summed E-state index contributed by atoms with van der Waals surface area (Å²) in [6, 6.07) is 23.5. The molecule has 0 heterocycles. The molecule has 0 aliphatic rings. The maximum Gasteiger partial charge on any atom is 0.338 e. The normalized spacial score (nSPS) is 10.2. The number of amides is 1. The standard InChI is InChI=1S/C23H22N2O3/c1-25(2)21-10-6-7-19(15-21)23(27)28-16-17-11-13-18(14-12-17)22(26)24-20-8-4-3-5-9-20/h3-15H,16H2,1-2H3,(H,24,26). The van der Waals surface area contributed by atoms with E-state index in [0.717, 1.165) is 16.9 Å². The molecule has 0 spiro atoms. The third-order valence-electron chi connectivity index (χ3n) is 4.22. The molecule has 5 heteroatoms. The lowest BCUT2D eigenvalue weighted by molar-refractivity contribution is 0.0472. The van der Waals surface area contributed by atoms with Gasteiger partial charge in [-0.1, -0.05) is 36.4 Å². The summed E-state index contributed by atoms with van der Waals surface area (Å²) in [5, 5.41) is 2.84. The van der Waals surface area contributed by atoms with Gasteiger partial charge in [0, 0.05) is 31.0 Å². The van der Waals surface area contributed by atoms with Crippen molar-refractivity contribution >= 4 is 23.3 Å². The highest BCUT2D eigenvalue weighted by molar-refractivity contribution is 6.04. The summed E-state index contributed by atoms with van der Waals surface area (Å²) in [6.07, 6.45) is 0. The maximum absolute atomic E-state index is 12.3. The molecule has 1 amide bonds. The molecule has 0 aliphatic carbocycles. The fourth-order valence-electron chi connectivity index (χ4n) is 2.62. The Morgan fingerprint density at radius 1 is 0.857 bits per heavy atom. The van der Waals surface area contributed by atoms with Crippen LogP contribution in [0.1, 0.15) is 26.3 Å². The monoisotopic (exact) mass is 374 g/mol. The predicted molar refractivity (Wildman–Crippen MR) is 111 cm³/mol. The van der Waals surface area contributed by atoms with E-state index in [4.69, 9.17) is 4.74 Å². The van der Waals surface area contributed by atoms with Gasteiger partial charge in [0.2, 0.25) is 0 Å². The minimum Gasteiger partial charge on any atom is -0.457 e. The van der Waals surface area contributed by atoms with Crippen LogP contribution in [0.2, 0.25) is 0 Å². The molecule has 0 aromatic heterocycles. The van der Waals surface area contributed by atoms with Crippen molar-refractivity contribution in [1.82, 2.24) is 0 Å². The molecule has 28 heavy (non-hydrogen) atoms. The molecule has 1 N–H and O–H groups in total. The molecule has 0 saturated heterocycles. The number of benzene rings is 3. The first-order valence-electron chi connectivity index (χ1n) is 8.93. The molecule has 142 valence electrons. The number of nitrogens with one attached hydrogen (secondary N) is 1. The molecule has 0 fully saturated rings. The minimum absolute atomic E-state index is 0.144. The van der Waals surface area contributed by atoms with Gasteiger partial charge in [-0.25, -0.2) is 4.79 Å². The highest BCUT2D eigenvalue weighted by Gasteiger charge is 2.10. The van der Waals surface area contributed by atoms with Gasteiger partial charge in [0.15, 0.2) is 0 Å². The van der Waals surface area contributed by atoms with Crippen LogP contribution >= 0.6 is 0 Å². The number of ether oxygens (including phenoxy) is 1. The van der Waals surface area contributed by atoms with E-state index >= 15 is 0 Å². The third-order valence-corrected chi connectivity index (χ3v) is 4.22. The first-order valence-corrected chi connectivity index (χ1v) is 8.93. The van der Waals surface area contributed by atoms with Crippen LogP contribution in [0.15, 0.2) is 78.9 Å². The second kappa shape index (κ2) is 8.86. The van der Waals surface area contributed by atoms with E-state index in [2.05, 4.69) is 5.32 Å². The summed E-state index contributed by atoms with van der Waals surface area (Å²) >= 11 is 0. The first kappa shape index (κ1) is 19.2. The van der Waals surface area contributed by atoms with Crippen molar-refractivity contribution in [3.8, 4) is 0 Å². The molecular weight excluding hydrogens is 352 g/mol. The Balaban J connectivity index is 1.57. The quantitative estimate of drug-likeness (QED) is 0.651. The highest BCUT2D eigenvalue weighted by Crippen LogP contribution is 2.15. The lowest BCUT2D eigenvalue weighted by Crippen LogP contribution is -2.12. The summed E-state index contributed by atoms with van der Waals surface area (Å²) in [5.74, 6) is -0.565. The summed E-state index contributed by atoms with van der Waals surface area (Å²) in [7, 11) is 3.83. The van der Waals surface area contributed by atoms with E-state index in [0.29, 0.717) is 11.1 Å². The fraction of sp³-hybridized carbons (Fsp3) is 0.130. The Hall–Kier alpha value is -3.60. The van der Waals surface area contributed by atoms with Crippen molar-refractivity contribution in [1.29, 1.82) is 0 Å². The van der Waals surface area contributed by atoms with Crippen molar-refractivity contribution < 1.29 is 14.3 Å². The van der Waals surface area contributed by atoms with E-state index < -0.39 is 0 Å². The molecular formula is C23H22N2O3. The van der Waals surface area contributed by atoms with Gasteiger partial charge in [0.1, 0.15) is 6.61 Å². The third kappa shape index (κ3) is 4.98. The van der Waals surface area contributed by atoms with Gasteiger partial charge in [-0.15, -0.1) is 0 Å². The average molecular weight is 374 g/mol. The molecule has 0 atom stereocenters. The van der Waals surface area contributed by atoms with Gasteiger partial charge in [0.25, 0.3) is 5.91 Å². The Morgan fingerprint density at radius 3 is 2.25 bits per heavy atom. The predicted octanol–water partition coefficient (Wildman–Crippen LogP) is 4.36. The van der Waals surface area contributed by atoms with Crippen LogP contribution < -0.4 is 10.2 Å². The van der Waals surface area contributed by atoms with Gasteiger partial charge in [0.05, 0.1) is 5.56 Å². The molecule has 0 unspecified atom stereocenters. The van der Waals surface area contributed by atoms with Crippen LogP contribution in [0, 0.1) is 0 Å². The summed E-state index contributed by atoms with van der Waals surface area (Å²) < 4.78 is 5.39. The Kier molecular flexibility index (Phi) is 6.07. The number of nitrogens with zero attached hydrogens (tertiary/aromatic N) is 1. The Labute approximate surface area is 164 Å². The molecule has 3 aromatic rings. The number of anilines is 2. The fourth-order valence-corrected chi connectivity index (χ4v) is 2.62. The molecule has 0 aliphatic heterocycles. The molecule has 3 rings (SSSR count). The molecule has 0 bridgehead atoms. The zero-order valence-corrected chi connectivity index (χ0v) is 15.9. The van der Waals surface area contributed by atoms with Crippen LogP contribution in [-0.4, -0.2) is 26.0 Å². The summed E-state index contributed by atoms with van der Waals surface area (Å²) in [5.41, 5.74) is 3.53. The topological polar surface area (TPSA) is 58.6 Å². The van der Waals surface area contributed by atoms with Crippen LogP contribution in [0.4, 0.5) is 11.4 Å². The molecule has 0 radical (unpaired) electrons. The number of carbonyl (C=O) groups is 2. The number of hydrogen-bond acceptors (Lipinski definition) is 4. The van der Waals surface area contributed by atoms with Crippen molar-refractivity contribution in [2.45, 2.75) is 6.61 Å². The Morgan fingerprint density at radius 2 is 1.57 bits per heavy atom. The number of rotatable bonds is 6. The number of hydrogen-bond donors (Lipinski definition) is 1. The first-order chi connectivity index (χ1) is 13.5. The van der Waals surface area contributed by atoms with E-state index in [-0.39, 0.29) is 18.5 Å². The van der Waals surface area contributed by atoms with E-state index in [1.54, 1.807) is 36.4 Å². The van der Waals surface area contributed by atoms with Crippen molar-refractivity contribution in [3.05, 3.63) is 95.6 Å². The smallest absolute Gasteiger partial charge is 0.338 e. The van der Waals surface area contributed by atoms with Crippen LogP contribution in [0.5, 0.6) is 0 Å². The number of carbonyl (C=O) groups excluding carboxylic acids is 2. The highest BCUT2D eigenvalue weighted by atomic mass is 16.5. The van der Waals surface area contributed by atoms with Crippen molar-refractivity contribution in [2.24, 2.45) is 0 Å². The van der Waals surface area contributed by atoms with Crippen LogP contribution in [0.3, 0.4) is 0 Å². The summed E-state index contributed by atoms with van der Waals surface area (Å²) in [4.78, 5) is 26.5. The van der Waals surface area contributed by atoms with Gasteiger partial charge >= 0.3 is 5.97 Å². The second-order valence-corrected chi connectivity index (χ2v) is 6.54. The van der Waals surface area contributed by atoms with Gasteiger partial charge in [-0.2, -0.15) is 0 Å². The van der Waals surface area contributed by atoms with E-state index in [1.807, 2.05) is 61.5 Å². The zero-order chi connectivity index (χ0) is 19.9. The number of para-hydroxylation sites is 1. The van der Waals surface area contributed by atoms with Crippen LogP contribution in [-0.2, 0) is 11.3 Å². The van der Waals surface area contributed by atoms with E-state index in [1.165, 1.54) is 0 Å². The van der Waals surface area contributed by atoms with Crippen molar-refractivity contribution in [3.63, 3.8) is 0 Å². The van der Waals surface area contributed by atoms with Gasteiger partial charge < -0.3 is 15.0 Å². The Bertz CT molecular complexity index is 951. The van der Waals surface area contributed by atoms with E-state index in [9.17, 15) is 9.59 Å². The zero-order valence-electron chi connectivity index (χ0n) is 15.9. The largest absolute Gasteiger partial charge is 0.457 e. The molecule has 0 saturated carbocycles. The average Bonchev–Trinajstić information content (AvgIpc) is 2.73. The minimum atomic E-state index is -0.380. The molecule has 3 aromatic carbocycles. The second-order valence-electron chi connectivity index (χ2n) is 6.54. The van der Waals surface area contributed by atoms with Gasteiger partial charge in [-0.05, 0) is 48.0 Å². The molecule has 5 nitrogen and oxygen atoms in total. The SMILES string of the molecule is CN(C)c1cccc(C(=O)OCc2ccc(C(=O)Nc3ccccc3)cc2)c1. The lowest BCUT2D eigenvalue weighted by atomic mass is 10.1. The summed E-state index contributed by atoms with van der Waals surface area (Å²) in [6.45, 7) is 0.144.